The fourth-order valence-electron chi connectivity index (χ4n) is 2.14. The molecule has 0 aliphatic rings. The first kappa shape index (κ1) is 16.6. The average molecular weight is 277 g/mol. The Balaban J connectivity index is 2.82. The number of hydrogen-bond acceptors (Lipinski definition) is 3. The van der Waals surface area contributed by atoms with Gasteiger partial charge in [0.2, 0.25) is 0 Å². The topological polar surface area (TPSA) is 30.3 Å². The van der Waals surface area contributed by atoms with Crippen molar-refractivity contribution >= 4 is 0 Å². The number of nitrogens with zero attached hydrogens (tertiary/aromatic N) is 3. The highest BCUT2D eigenvalue weighted by Gasteiger charge is 2.12. The van der Waals surface area contributed by atoms with Crippen molar-refractivity contribution in [1.82, 2.24) is 9.80 Å². The molecule has 0 N–H and O–H groups in total. The summed E-state index contributed by atoms with van der Waals surface area (Å²) in [6.07, 6.45) is 0. The van der Waals surface area contributed by atoms with Gasteiger partial charge in [-0.15, -0.1) is 0 Å². The molecule has 0 bridgehead atoms. The van der Waals surface area contributed by atoms with Crippen LogP contribution < -0.4 is 0 Å². The molecule has 0 unspecified atom stereocenters. The molecule has 0 fully saturated rings. The summed E-state index contributed by atoms with van der Waals surface area (Å²) in [6, 6.07) is 6.52. The van der Waals surface area contributed by atoms with Crippen molar-refractivity contribution in [2.75, 3.05) is 33.7 Å². The zero-order valence-electron chi connectivity index (χ0n) is 12.9. The Hall–Kier alpha value is -1.44. The smallest absolute Gasteiger partial charge is 0.123 e. The molecule has 4 heteroatoms. The summed E-state index contributed by atoms with van der Waals surface area (Å²) in [5.74, 6) is 0.257. The van der Waals surface area contributed by atoms with E-state index in [-0.39, 0.29) is 5.82 Å². The highest BCUT2D eigenvalue weighted by Crippen LogP contribution is 2.14. The predicted molar refractivity (Wildman–Crippen MR) is 79.8 cm³/mol. The molecule has 0 heterocycles. The van der Waals surface area contributed by atoms with Gasteiger partial charge >= 0.3 is 0 Å². The summed E-state index contributed by atoms with van der Waals surface area (Å²) in [5.41, 5.74) is 1.33. The Morgan fingerprint density at radius 2 is 1.95 bits per heavy atom. The van der Waals surface area contributed by atoms with Gasteiger partial charge in [0, 0.05) is 26.2 Å². The Morgan fingerprint density at radius 1 is 1.25 bits per heavy atom. The molecule has 3 nitrogen and oxygen atoms in total. The van der Waals surface area contributed by atoms with Crippen LogP contribution in [-0.4, -0.2) is 43.5 Å². The molecule has 0 spiro atoms. The van der Waals surface area contributed by atoms with Gasteiger partial charge in [-0.1, -0.05) is 13.8 Å². The molecule has 1 aromatic rings. The monoisotopic (exact) mass is 277 g/mol. The van der Waals surface area contributed by atoms with E-state index in [2.05, 4.69) is 29.7 Å². The van der Waals surface area contributed by atoms with Crippen LogP contribution in [0.15, 0.2) is 18.2 Å². The average Bonchev–Trinajstić information content (AvgIpc) is 2.35. The molecule has 0 saturated heterocycles. The van der Waals surface area contributed by atoms with Crippen LogP contribution in [0, 0.1) is 23.1 Å². The first-order chi connectivity index (χ1) is 9.42. The quantitative estimate of drug-likeness (QED) is 0.767. The minimum atomic E-state index is -0.281. The van der Waals surface area contributed by atoms with Crippen LogP contribution >= 0.6 is 0 Å². The Morgan fingerprint density at radius 3 is 2.50 bits per heavy atom. The second-order valence-corrected chi connectivity index (χ2v) is 5.85. The summed E-state index contributed by atoms with van der Waals surface area (Å²) in [4.78, 5) is 4.41. The lowest BCUT2D eigenvalue weighted by molar-refractivity contribution is 0.211. The second-order valence-electron chi connectivity index (χ2n) is 5.85. The number of hydrogen-bond donors (Lipinski definition) is 0. The van der Waals surface area contributed by atoms with Gasteiger partial charge in [-0.3, -0.25) is 4.90 Å². The highest BCUT2D eigenvalue weighted by atomic mass is 19.1. The van der Waals surface area contributed by atoms with Crippen molar-refractivity contribution < 1.29 is 4.39 Å². The van der Waals surface area contributed by atoms with Gasteiger partial charge in [0.1, 0.15) is 5.82 Å². The maximum absolute atomic E-state index is 13.4. The zero-order chi connectivity index (χ0) is 15.1. The van der Waals surface area contributed by atoms with Crippen LogP contribution in [0.5, 0.6) is 0 Å². The number of nitriles is 1. The zero-order valence-corrected chi connectivity index (χ0v) is 12.9. The highest BCUT2D eigenvalue weighted by molar-refractivity contribution is 5.37. The van der Waals surface area contributed by atoms with Crippen molar-refractivity contribution in [3.63, 3.8) is 0 Å². The van der Waals surface area contributed by atoms with Crippen LogP contribution in [0.25, 0.3) is 0 Å². The van der Waals surface area contributed by atoms with Gasteiger partial charge in [-0.05, 0) is 43.8 Å². The maximum Gasteiger partial charge on any atom is 0.123 e. The van der Waals surface area contributed by atoms with E-state index in [0.717, 1.165) is 25.2 Å². The van der Waals surface area contributed by atoms with Crippen LogP contribution in [0.2, 0.25) is 0 Å². The number of benzene rings is 1. The minimum absolute atomic E-state index is 0.281. The summed E-state index contributed by atoms with van der Waals surface area (Å²) >= 11 is 0. The molecular weight excluding hydrogens is 253 g/mol. The second kappa shape index (κ2) is 7.98. The van der Waals surface area contributed by atoms with Gasteiger partial charge in [-0.25, -0.2) is 4.39 Å². The van der Waals surface area contributed by atoms with Gasteiger partial charge < -0.3 is 4.90 Å². The molecule has 0 aliphatic carbocycles. The minimum Gasteiger partial charge on any atom is -0.308 e. The summed E-state index contributed by atoms with van der Waals surface area (Å²) in [7, 11) is 4.08. The van der Waals surface area contributed by atoms with Crippen molar-refractivity contribution in [1.29, 1.82) is 5.26 Å². The lowest BCUT2D eigenvalue weighted by Crippen LogP contribution is -2.34. The predicted octanol–water partition coefficient (Wildman–Crippen LogP) is 2.72. The third-order valence-electron chi connectivity index (χ3n) is 3.07. The molecule has 0 atom stereocenters. The number of likely N-dealkylation sites (N-methyl/N-ethyl adjacent to an activating group) is 1. The normalized spacial score (nSPS) is 11.3. The third kappa shape index (κ3) is 5.68. The molecule has 0 aliphatic heterocycles. The lowest BCUT2D eigenvalue weighted by atomic mass is 10.1. The van der Waals surface area contributed by atoms with Crippen molar-refractivity contribution in [2.24, 2.45) is 5.92 Å². The van der Waals surface area contributed by atoms with Crippen LogP contribution in [0.3, 0.4) is 0 Å². The largest absolute Gasteiger partial charge is 0.308 e. The standard InChI is InChI=1S/C16H24FN3/c1-13(2)11-20(8-7-19(3)4)12-15-9-16(17)6-5-14(15)10-18/h5-6,9,13H,7-8,11-12H2,1-4H3. The SMILES string of the molecule is CC(C)CN(CCN(C)C)Cc1cc(F)ccc1C#N. The number of rotatable bonds is 7. The molecule has 0 radical (unpaired) electrons. The Bertz CT molecular complexity index is 463. The Labute approximate surface area is 121 Å². The van der Waals surface area contributed by atoms with E-state index < -0.39 is 0 Å². The fraction of sp³-hybridized carbons (Fsp3) is 0.562. The molecule has 1 rings (SSSR count). The lowest BCUT2D eigenvalue weighted by Gasteiger charge is -2.26. The first-order valence-corrected chi connectivity index (χ1v) is 6.98. The van der Waals surface area contributed by atoms with Gasteiger partial charge in [0.05, 0.1) is 11.6 Å². The van der Waals surface area contributed by atoms with Crippen molar-refractivity contribution in [2.45, 2.75) is 20.4 Å². The van der Waals surface area contributed by atoms with E-state index in [1.807, 2.05) is 14.1 Å². The maximum atomic E-state index is 13.4. The molecule has 1 aromatic carbocycles. The van der Waals surface area contributed by atoms with Crippen LogP contribution in [0.1, 0.15) is 25.0 Å². The van der Waals surface area contributed by atoms with E-state index in [9.17, 15) is 4.39 Å². The van der Waals surface area contributed by atoms with Gasteiger partial charge in [-0.2, -0.15) is 5.26 Å². The van der Waals surface area contributed by atoms with Crippen molar-refractivity contribution in [3.05, 3.63) is 35.1 Å². The van der Waals surface area contributed by atoms with E-state index in [1.165, 1.54) is 12.1 Å². The first-order valence-electron chi connectivity index (χ1n) is 6.98. The third-order valence-corrected chi connectivity index (χ3v) is 3.07. The van der Waals surface area contributed by atoms with E-state index >= 15 is 0 Å². The van der Waals surface area contributed by atoms with Crippen LogP contribution in [0.4, 0.5) is 4.39 Å². The number of halogens is 1. The summed E-state index contributed by atoms with van der Waals surface area (Å²) in [6.45, 7) is 7.75. The molecular formula is C16H24FN3. The summed E-state index contributed by atoms with van der Waals surface area (Å²) in [5, 5.41) is 9.12. The molecule has 0 aromatic heterocycles. The van der Waals surface area contributed by atoms with E-state index in [0.29, 0.717) is 18.0 Å². The van der Waals surface area contributed by atoms with Gasteiger partial charge in [0.15, 0.2) is 0 Å². The fourth-order valence-corrected chi connectivity index (χ4v) is 2.14. The Kier molecular flexibility index (Phi) is 6.63. The summed E-state index contributed by atoms with van der Waals surface area (Å²) < 4.78 is 13.4. The van der Waals surface area contributed by atoms with Gasteiger partial charge in [0.25, 0.3) is 0 Å². The van der Waals surface area contributed by atoms with Crippen LogP contribution in [-0.2, 0) is 6.54 Å². The molecule has 20 heavy (non-hydrogen) atoms. The molecule has 110 valence electrons. The van der Waals surface area contributed by atoms with Crippen molar-refractivity contribution in [3.8, 4) is 6.07 Å². The van der Waals surface area contributed by atoms with E-state index in [4.69, 9.17) is 5.26 Å². The van der Waals surface area contributed by atoms with E-state index in [1.54, 1.807) is 6.07 Å². The molecule has 0 saturated carbocycles. The molecule has 0 amide bonds.